The first-order chi connectivity index (χ1) is 13.4. The zero-order valence-electron chi connectivity index (χ0n) is 16.7. The van der Waals surface area contributed by atoms with Gasteiger partial charge < -0.3 is 20.1 Å². The van der Waals surface area contributed by atoms with Crippen LogP contribution in [0.3, 0.4) is 0 Å². The lowest BCUT2D eigenvalue weighted by Crippen LogP contribution is -2.29. The molecular weight excluding hydrogens is 380 g/mol. The van der Waals surface area contributed by atoms with E-state index in [9.17, 15) is 14.4 Å². The highest BCUT2D eigenvalue weighted by molar-refractivity contribution is 7.80. The number of unbranched alkanes of at least 4 members (excludes halogenated alkanes) is 7. The second kappa shape index (κ2) is 14.1. The van der Waals surface area contributed by atoms with Gasteiger partial charge in [-0.1, -0.05) is 45.1 Å². The second-order valence-corrected chi connectivity index (χ2v) is 7.43. The SMILES string of the molecule is C=C(C)C(=O)OCCCCCCCCCCOC(=O)CCC1NC(=S)NC1=O. The molecule has 0 aromatic heterocycles. The quantitative estimate of drug-likeness (QED) is 0.185. The maximum Gasteiger partial charge on any atom is 0.333 e. The van der Waals surface area contributed by atoms with Crippen LogP contribution in [-0.4, -0.2) is 42.2 Å². The van der Waals surface area contributed by atoms with E-state index in [0.29, 0.717) is 30.3 Å². The molecule has 1 aliphatic heterocycles. The van der Waals surface area contributed by atoms with Crippen molar-refractivity contribution in [3.8, 4) is 0 Å². The lowest BCUT2D eigenvalue weighted by molar-refractivity contribution is -0.144. The van der Waals surface area contributed by atoms with Crippen molar-refractivity contribution in [2.45, 2.75) is 77.2 Å². The molecule has 0 aromatic rings. The number of rotatable bonds is 15. The Labute approximate surface area is 172 Å². The first kappa shape index (κ1) is 24.1. The van der Waals surface area contributed by atoms with Gasteiger partial charge in [0.05, 0.1) is 13.2 Å². The number of esters is 2. The first-order valence-corrected chi connectivity index (χ1v) is 10.4. The third-order valence-electron chi connectivity index (χ3n) is 4.38. The number of hydrogen-bond acceptors (Lipinski definition) is 6. The smallest absolute Gasteiger partial charge is 0.333 e. The summed E-state index contributed by atoms with van der Waals surface area (Å²) >= 11 is 4.85. The second-order valence-electron chi connectivity index (χ2n) is 7.02. The largest absolute Gasteiger partial charge is 0.466 e. The van der Waals surface area contributed by atoms with Gasteiger partial charge in [-0.05, 0) is 38.4 Å². The Bertz CT molecular complexity index is 565. The van der Waals surface area contributed by atoms with E-state index in [4.69, 9.17) is 21.7 Å². The van der Waals surface area contributed by atoms with E-state index in [1.807, 2.05) is 0 Å². The zero-order chi connectivity index (χ0) is 20.8. The predicted molar refractivity (Wildman–Crippen MR) is 111 cm³/mol. The number of carbonyl (C=O) groups is 3. The summed E-state index contributed by atoms with van der Waals surface area (Å²) in [5.41, 5.74) is 0.438. The number of thiocarbonyl (C=S) groups is 1. The number of amides is 1. The van der Waals surface area contributed by atoms with Gasteiger partial charge in [0, 0.05) is 12.0 Å². The molecule has 1 atom stereocenters. The maximum absolute atomic E-state index is 11.7. The Balaban J connectivity index is 1.84. The van der Waals surface area contributed by atoms with Gasteiger partial charge in [0.2, 0.25) is 5.91 Å². The van der Waals surface area contributed by atoms with Crippen LogP contribution in [0.25, 0.3) is 0 Å². The van der Waals surface area contributed by atoms with Crippen molar-refractivity contribution >= 4 is 35.2 Å². The van der Waals surface area contributed by atoms with Crippen LogP contribution in [0.15, 0.2) is 12.2 Å². The Morgan fingerprint density at radius 1 is 1.00 bits per heavy atom. The molecule has 1 heterocycles. The molecule has 1 saturated heterocycles. The van der Waals surface area contributed by atoms with Crippen molar-refractivity contribution in [1.82, 2.24) is 10.6 Å². The van der Waals surface area contributed by atoms with Crippen LogP contribution in [-0.2, 0) is 23.9 Å². The topological polar surface area (TPSA) is 93.7 Å². The van der Waals surface area contributed by atoms with Crippen molar-refractivity contribution in [3.63, 3.8) is 0 Å². The highest BCUT2D eigenvalue weighted by Crippen LogP contribution is 2.10. The molecule has 1 aliphatic rings. The number of nitrogens with one attached hydrogen (secondary N) is 2. The summed E-state index contributed by atoms with van der Waals surface area (Å²) in [7, 11) is 0. The molecule has 1 fully saturated rings. The monoisotopic (exact) mass is 412 g/mol. The lowest BCUT2D eigenvalue weighted by atomic mass is 10.1. The minimum Gasteiger partial charge on any atom is -0.466 e. The summed E-state index contributed by atoms with van der Waals surface area (Å²) in [4.78, 5) is 34.3. The molecule has 0 spiro atoms. The van der Waals surface area contributed by atoms with Crippen molar-refractivity contribution < 1.29 is 23.9 Å². The third kappa shape index (κ3) is 11.0. The molecule has 0 bridgehead atoms. The van der Waals surface area contributed by atoms with E-state index >= 15 is 0 Å². The lowest BCUT2D eigenvalue weighted by Gasteiger charge is -2.08. The van der Waals surface area contributed by atoms with Crippen LogP contribution in [0.5, 0.6) is 0 Å². The first-order valence-electron chi connectivity index (χ1n) is 9.99. The fourth-order valence-electron chi connectivity index (χ4n) is 2.74. The number of carbonyl (C=O) groups excluding carboxylic acids is 3. The average molecular weight is 413 g/mol. The van der Waals surface area contributed by atoms with Gasteiger partial charge in [-0.25, -0.2) is 4.79 Å². The molecule has 0 saturated carbocycles. The number of hydrogen-bond donors (Lipinski definition) is 2. The molecule has 28 heavy (non-hydrogen) atoms. The van der Waals surface area contributed by atoms with Gasteiger partial charge in [0.1, 0.15) is 6.04 Å². The van der Waals surface area contributed by atoms with Crippen LogP contribution in [0.2, 0.25) is 0 Å². The molecule has 1 unspecified atom stereocenters. The minimum absolute atomic E-state index is 0.189. The van der Waals surface area contributed by atoms with Gasteiger partial charge in [0.15, 0.2) is 5.11 Å². The molecule has 158 valence electrons. The van der Waals surface area contributed by atoms with E-state index in [1.165, 1.54) is 0 Å². The summed E-state index contributed by atoms with van der Waals surface area (Å²) in [6, 6.07) is -0.432. The molecule has 0 aromatic carbocycles. The molecular formula is C20H32N2O5S. The van der Waals surface area contributed by atoms with Crippen molar-refractivity contribution in [1.29, 1.82) is 0 Å². The van der Waals surface area contributed by atoms with Gasteiger partial charge in [-0.3, -0.25) is 9.59 Å². The molecule has 2 N–H and O–H groups in total. The highest BCUT2D eigenvalue weighted by atomic mass is 32.1. The van der Waals surface area contributed by atoms with Crippen LogP contribution >= 0.6 is 12.2 Å². The van der Waals surface area contributed by atoms with Crippen molar-refractivity contribution in [2.75, 3.05) is 13.2 Å². The standard InChI is InChI=1S/C20H32N2O5S/c1-15(2)19(25)27-14-10-8-6-4-3-5-7-9-13-26-17(23)12-11-16-18(24)22-20(28)21-16/h16H,1,3-14H2,2H3,(H2,21,22,24,28). The van der Waals surface area contributed by atoms with E-state index in [-0.39, 0.29) is 24.3 Å². The fourth-order valence-corrected chi connectivity index (χ4v) is 2.98. The molecule has 0 radical (unpaired) electrons. The summed E-state index contributed by atoms with van der Waals surface area (Å²) in [6.45, 7) is 6.08. The summed E-state index contributed by atoms with van der Waals surface area (Å²) < 4.78 is 10.2. The van der Waals surface area contributed by atoms with E-state index in [2.05, 4.69) is 17.2 Å². The van der Waals surface area contributed by atoms with Crippen LogP contribution < -0.4 is 10.6 Å². The highest BCUT2D eigenvalue weighted by Gasteiger charge is 2.27. The zero-order valence-corrected chi connectivity index (χ0v) is 17.5. The summed E-state index contributed by atoms with van der Waals surface area (Å²) in [5.74, 6) is -0.782. The fraction of sp³-hybridized carbons (Fsp3) is 0.700. The Kier molecular flexibility index (Phi) is 12.1. The molecule has 8 heteroatoms. The normalized spacial score (nSPS) is 15.7. The van der Waals surface area contributed by atoms with Crippen LogP contribution in [0.1, 0.15) is 71.1 Å². The van der Waals surface area contributed by atoms with Gasteiger partial charge >= 0.3 is 11.9 Å². The van der Waals surface area contributed by atoms with Crippen molar-refractivity contribution in [2.24, 2.45) is 0 Å². The summed E-state index contributed by atoms with van der Waals surface area (Å²) in [6.07, 6.45) is 8.98. The van der Waals surface area contributed by atoms with Gasteiger partial charge in [-0.15, -0.1) is 0 Å². The van der Waals surface area contributed by atoms with Gasteiger partial charge in [-0.2, -0.15) is 0 Å². The van der Waals surface area contributed by atoms with E-state index in [1.54, 1.807) is 6.92 Å². The molecule has 0 aliphatic carbocycles. The Morgan fingerprint density at radius 3 is 2.04 bits per heavy atom. The molecule has 7 nitrogen and oxygen atoms in total. The Hall–Kier alpha value is -1.96. The Morgan fingerprint density at radius 2 is 1.54 bits per heavy atom. The molecule has 1 amide bonds. The average Bonchev–Trinajstić information content (AvgIpc) is 2.97. The minimum atomic E-state index is -0.432. The molecule has 1 rings (SSSR count). The van der Waals surface area contributed by atoms with E-state index in [0.717, 1.165) is 51.4 Å². The number of ether oxygens (including phenoxy) is 2. The van der Waals surface area contributed by atoms with Crippen LogP contribution in [0.4, 0.5) is 0 Å². The van der Waals surface area contributed by atoms with E-state index < -0.39 is 6.04 Å². The third-order valence-corrected chi connectivity index (χ3v) is 4.60. The van der Waals surface area contributed by atoms with Crippen LogP contribution in [0, 0.1) is 0 Å². The van der Waals surface area contributed by atoms with Crippen molar-refractivity contribution in [3.05, 3.63) is 12.2 Å². The predicted octanol–water partition coefficient (Wildman–Crippen LogP) is 2.92. The van der Waals surface area contributed by atoms with Gasteiger partial charge in [0.25, 0.3) is 0 Å². The maximum atomic E-state index is 11.7. The summed E-state index contributed by atoms with van der Waals surface area (Å²) in [5, 5.41) is 5.63.